The molecule has 1 atom stereocenters. The predicted octanol–water partition coefficient (Wildman–Crippen LogP) is 2.26. The number of carbonyl (C=O) groups excluding carboxylic acids is 2. The summed E-state index contributed by atoms with van der Waals surface area (Å²) in [5.74, 6) is -0.681. The number of anilines is 2. The van der Waals surface area contributed by atoms with Gasteiger partial charge in [-0.15, -0.1) is 0 Å². The predicted molar refractivity (Wildman–Crippen MR) is 99.3 cm³/mol. The van der Waals surface area contributed by atoms with Crippen LogP contribution in [0.25, 0.3) is 0 Å². The van der Waals surface area contributed by atoms with Gasteiger partial charge in [-0.05, 0) is 31.2 Å². The van der Waals surface area contributed by atoms with E-state index in [1.165, 1.54) is 13.0 Å². The number of fused-ring (bicyclic) bond motifs is 1. The number of nitrogens with one attached hydrogen (secondary N) is 1. The van der Waals surface area contributed by atoms with E-state index in [2.05, 4.69) is 5.32 Å². The zero-order valence-corrected chi connectivity index (χ0v) is 14.9. The zero-order valence-electron chi connectivity index (χ0n) is 14.9. The van der Waals surface area contributed by atoms with Gasteiger partial charge in [0.1, 0.15) is 11.6 Å². The number of benzene rings is 2. The van der Waals surface area contributed by atoms with E-state index >= 15 is 0 Å². The lowest BCUT2D eigenvalue weighted by Crippen LogP contribution is -2.62. The van der Waals surface area contributed by atoms with Crippen molar-refractivity contribution in [2.24, 2.45) is 0 Å². The van der Waals surface area contributed by atoms with Crippen LogP contribution >= 0.6 is 0 Å². The van der Waals surface area contributed by atoms with Gasteiger partial charge in [0.05, 0.1) is 11.4 Å². The van der Waals surface area contributed by atoms with Crippen LogP contribution in [0, 0.1) is 5.82 Å². The number of rotatable bonds is 2. The highest BCUT2D eigenvalue weighted by atomic mass is 19.1. The largest absolute Gasteiger partial charge is 0.466 e. The molecule has 1 unspecified atom stereocenters. The number of nitrogens with zero attached hydrogens (tertiary/aromatic N) is 2. The van der Waals surface area contributed by atoms with Gasteiger partial charge in [0.15, 0.2) is 0 Å². The maximum atomic E-state index is 14.0. The second kappa shape index (κ2) is 6.57. The topological polar surface area (TPSA) is 61.9 Å². The van der Waals surface area contributed by atoms with Crippen LogP contribution in [0.5, 0.6) is 5.75 Å². The monoisotopic (exact) mass is 369 g/mol. The summed E-state index contributed by atoms with van der Waals surface area (Å²) in [6.07, 6.45) is 0. The van der Waals surface area contributed by atoms with E-state index in [9.17, 15) is 14.0 Å². The van der Waals surface area contributed by atoms with Gasteiger partial charge in [0, 0.05) is 26.2 Å². The van der Waals surface area contributed by atoms with Crippen molar-refractivity contribution >= 4 is 23.2 Å². The van der Waals surface area contributed by atoms with Gasteiger partial charge < -0.3 is 19.9 Å². The fourth-order valence-electron chi connectivity index (χ4n) is 3.47. The highest BCUT2D eigenvalue weighted by Gasteiger charge is 2.49. The average Bonchev–Trinajstić information content (AvgIpc) is 2.69. The minimum Gasteiger partial charge on any atom is -0.466 e. The molecule has 140 valence electrons. The molecule has 27 heavy (non-hydrogen) atoms. The van der Waals surface area contributed by atoms with E-state index in [4.69, 9.17) is 4.74 Å². The smallest absolute Gasteiger partial charge is 0.278 e. The quantitative estimate of drug-likeness (QED) is 0.825. The van der Waals surface area contributed by atoms with Crippen molar-refractivity contribution in [3.63, 3.8) is 0 Å². The van der Waals surface area contributed by atoms with Gasteiger partial charge in [-0.3, -0.25) is 9.59 Å². The summed E-state index contributed by atoms with van der Waals surface area (Å²) >= 11 is 0. The van der Waals surface area contributed by atoms with Gasteiger partial charge in [0.2, 0.25) is 0 Å². The second-order valence-electron chi connectivity index (χ2n) is 6.82. The molecule has 0 aliphatic carbocycles. The van der Waals surface area contributed by atoms with E-state index in [1.54, 1.807) is 47.4 Å². The van der Waals surface area contributed by atoms with Gasteiger partial charge in [-0.1, -0.05) is 24.3 Å². The Balaban J connectivity index is 1.48. The van der Waals surface area contributed by atoms with Crippen LogP contribution in [-0.2, 0) is 9.59 Å². The van der Waals surface area contributed by atoms with Crippen molar-refractivity contribution in [1.29, 1.82) is 0 Å². The van der Waals surface area contributed by atoms with Crippen molar-refractivity contribution in [2.45, 2.75) is 12.5 Å². The molecule has 0 saturated carbocycles. The molecule has 6 nitrogen and oxygen atoms in total. The Bertz CT molecular complexity index is 896. The second-order valence-corrected chi connectivity index (χ2v) is 6.82. The summed E-state index contributed by atoms with van der Waals surface area (Å²) in [5, 5.41) is 2.74. The number of hydrogen-bond acceptors (Lipinski definition) is 4. The summed E-state index contributed by atoms with van der Waals surface area (Å²) in [5.41, 5.74) is -0.539. The average molecular weight is 369 g/mol. The number of para-hydroxylation sites is 3. The molecule has 2 aromatic rings. The molecule has 0 spiro atoms. The summed E-state index contributed by atoms with van der Waals surface area (Å²) < 4.78 is 19.8. The first-order valence-electron chi connectivity index (χ1n) is 8.87. The minimum absolute atomic E-state index is 0.282. The van der Waals surface area contributed by atoms with Gasteiger partial charge >= 0.3 is 0 Å². The molecule has 2 heterocycles. The molecule has 4 rings (SSSR count). The lowest BCUT2D eigenvalue weighted by Gasteiger charge is -2.41. The Labute approximate surface area is 156 Å². The van der Waals surface area contributed by atoms with Crippen molar-refractivity contribution in [3.8, 4) is 5.75 Å². The molecule has 0 bridgehead atoms. The molecule has 7 heteroatoms. The lowest BCUT2D eigenvalue weighted by atomic mass is 10.00. The molecule has 1 N–H and O–H groups in total. The fraction of sp³-hybridized carbons (Fsp3) is 0.300. The molecule has 2 amide bonds. The van der Waals surface area contributed by atoms with Crippen molar-refractivity contribution in [3.05, 3.63) is 54.3 Å². The third-order valence-electron chi connectivity index (χ3n) is 5.05. The Morgan fingerprint density at radius 3 is 2.48 bits per heavy atom. The van der Waals surface area contributed by atoms with E-state index in [0.29, 0.717) is 43.3 Å². The third-order valence-corrected chi connectivity index (χ3v) is 5.05. The van der Waals surface area contributed by atoms with Crippen molar-refractivity contribution in [2.75, 3.05) is 36.4 Å². The first-order valence-corrected chi connectivity index (χ1v) is 8.87. The van der Waals surface area contributed by atoms with E-state index in [1.807, 2.05) is 4.90 Å². The van der Waals surface area contributed by atoms with Crippen LogP contribution in [0.4, 0.5) is 15.8 Å². The fourth-order valence-corrected chi connectivity index (χ4v) is 3.47. The van der Waals surface area contributed by atoms with Crippen molar-refractivity contribution < 1.29 is 18.7 Å². The van der Waals surface area contributed by atoms with Gasteiger partial charge in [-0.25, -0.2) is 4.39 Å². The normalized spacial score (nSPS) is 21.9. The first kappa shape index (κ1) is 17.3. The summed E-state index contributed by atoms with van der Waals surface area (Å²) in [4.78, 5) is 29.1. The molecule has 1 fully saturated rings. The molecule has 2 aromatic carbocycles. The summed E-state index contributed by atoms with van der Waals surface area (Å²) in [6.45, 7) is 3.24. The Morgan fingerprint density at radius 2 is 1.74 bits per heavy atom. The molecule has 0 radical (unpaired) electrons. The van der Waals surface area contributed by atoms with Crippen LogP contribution in [0.3, 0.4) is 0 Å². The maximum absolute atomic E-state index is 14.0. The van der Waals surface area contributed by atoms with Crippen LogP contribution in [0.2, 0.25) is 0 Å². The molecular formula is C20H20FN3O3. The first-order chi connectivity index (χ1) is 13.0. The van der Waals surface area contributed by atoms with Gasteiger partial charge in [-0.2, -0.15) is 0 Å². The van der Waals surface area contributed by atoms with Crippen LogP contribution < -0.4 is 15.0 Å². The summed E-state index contributed by atoms with van der Waals surface area (Å²) in [6, 6.07) is 13.6. The molecule has 0 aromatic heterocycles. The minimum atomic E-state index is -1.62. The molecular weight excluding hydrogens is 349 g/mol. The Morgan fingerprint density at radius 1 is 1.07 bits per heavy atom. The summed E-state index contributed by atoms with van der Waals surface area (Å²) in [7, 11) is 0. The van der Waals surface area contributed by atoms with E-state index in [0.717, 1.165) is 0 Å². The maximum Gasteiger partial charge on any atom is 0.278 e. The Hall–Kier alpha value is -3.09. The standard InChI is InChI=1S/C20H20FN3O3/c1-20(18(25)22-15-7-3-5-9-17(15)27-20)19(26)24-12-10-23(11-13-24)16-8-4-2-6-14(16)21/h2-9H,10-13H2,1H3,(H,22,25). The van der Waals surface area contributed by atoms with E-state index < -0.39 is 11.5 Å². The highest BCUT2D eigenvalue weighted by molar-refractivity contribution is 6.15. The molecule has 2 aliphatic heterocycles. The third kappa shape index (κ3) is 2.99. The number of halogens is 1. The zero-order chi connectivity index (χ0) is 19.0. The van der Waals surface area contributed by atoms with Crippen molar-refractivity contribution in [1.82, 2.24) is 4.90 Å². The van der Waals surface area contributed by atoms with Gasteiger partial charge in [0.25, 0.3) is 17.4 Å². The van der Waals surface area contributed by atoms with E-state index in [-0.39, 0.29) is 11.7 Å². The highest BCUT2D eigenvalue weighted by Crippen LogP contribution is 2.34. The number of hydrogen-bond donors (Lipinski definition) is 1. The number of carbonyl (C=O) groups is 2. The Kier molecular flexibility index (Phi) is 4.22. The number of amides is 2. The van der Waals surface area contributed by atoms with Crippen LogP contribution in [0.15, 0.2) is 48.5 Å². The SMILES string of the molecule is CC1(C(=O)N2CCN(c3ccccc3F)CC2)Oc2ccccc2NC1=O. The molecule has 2 aliphatic rings. The number of ether oxygens (including phenoxy) is 1. The van der Waals surface area contributed by atoms with Crippen LogP contribution in [-0.4, -0.2) is 48.5 Å². The molecule has 1 saturated heterocycles. The van der Waals surface area contributed by atoms with Crippen LogP contribution in [0.1, 0.15) is 6.92 Å². The number of piperazine rings is 1. The lowest BCUT2D eigenvalue weighted by molar-refractivity contribution is -0.154.